The van der Waals surface area contributed by atoms with Crippen molar-refractivity contribution in [2.24, 2.45) is 5.92 Å². The zero-order valence-corrected chi connectivity index (χ0v) is 28.0. The molecule has 3 aromatic carbocycles. The van der Waals surface area contributed by atoms with Gasteiger partial charge in [0.15, 0.2) is 0 Å². The van der Waals surface area contributed by atoms with Crippen LogP contribution in [-0.4, -0.2) is 27.4 Å². The van der Waals surface area contributed by atoms with Crippen LogP contribution < -0.4 is 5.32 Å². The molecule has 45 heavy (non-hydrogen) atoms. The molecule has 1 N–H and O–H groups in total. The second-order valence-corrected chi connectivity index (χ2v) is 13.7. The summed E-state index contributed by atoms with van der Waals surface area (Å²) in [6.07, 6.45) is 3.97. The van der Waals surface area contributed by atoms with Gasteiger partial charge in [-0.25, -0.2) is 9.37 Å². The zero-order chi connectivity index (χ0) is 32.0. The molecule has 1 aliphatic carbocycles. The number of carbonyl (C=O) groups excluding carboxylic acids is 2. The molecule has 230 valence electrons. The van der Waals surface area contributed by atoms with Crippen molar-refractivity contribution in [3.05, 3.63) is 122 Å². The number of hydrogen-bond donors (Lipinski definition) is 1. The number of carbonyl (C=O) groups is 2. The van der Waals surface area contributed by atoms with Crippen LogP contribution in [0.2, 0.25) is 10.0 Å². The van der Waals surface area contributed by atoms with Gasteiger partial charge in [0.05, 0.1) is 5.02 Å². The van der Waals surface area contributed by atoms with E-state index in [1.807, 2.05) is 51.1 Å². The second kappa shape index (κ2) is 12.7. The number of halogens is 4. The van der Waals surface area contributed by atoms with Crippen LogP contribution >= 0.6 is 39.1 Å². The highest BCUT2D eigenvalue weighted by Gasteiger charge is 2.33. The first-order chi connectivity index (χ1) is 21.5. The Balaban J connectivity index is 1.34. The summed E-state index contributed by atoms with van der Waals surface area (Å²) in [7, 11) is 0. The van der Waals surface area contributed by atoms with Gasteiger partial charge in [0.25, 0.3) is 5.91 Å². The second-order valence-electron chi connectivity index (χ2n) is 12.0. The summed E-state index contributed by atoms with van der Waals surface area (Å²) < 4.78 is 16.7. The molecule has 0 bridgehead atoms. The topological polar surface area (TPSA) is 64.0 Å². The van der Waals surface area contributed by atoms with Crippen LogP contribution in [0.25, 0.3) is 22.2 Å². The van der Waals surface area contributed by atoms with E-state index in [4.69, 9.17) is 23.2 Å². The zero-order valence-electron chi connectivity index (χ0n) is 25.0. The summed E-state index contributed by atoms with van der Waals surface area (Å²) in [6, 6.07) is 20.1. The summed E-state index contributed by atoms with van der Waals surface area (Å²) in [6.45, 7) is 5.89. The maximum Gasteiger partial charge on any atom is 0.254 e. The van der Waals surface area contributed by atoms with Crippen LogP contribution in [0.5, 0.6) is 0 Å². The van der Waals surface area contributed by atoms with E-state index in [-0.39, 0.29) is 35.1 Å². The normalized spacial score (nSPS) is 14.0. The van der Waals surface area contributed by atoms with E-state index < -0.39 is 17.8 Å². The first-order valence-corrected chi connectivity index (χ1v) is 16.4. The maximum absolute atomic E-state index is 14.5. The highest BCUT2D eigenvalue weighted by atomic mass is 79.9. The van der Waals surface area contributed by atoms with Crippen molar-refractivity contribution in [1.29, 1.82) is 0 Å². The van der Waals surface area contributed by atoms with Gasteiger partial charge in [0, 0.05) is 45.5 Å². The number of rotatable bonds is 8. The van der Waals surface area contributed by atoms with Crippen molar-refractivity contribution < 1.29 is 14.0 Å². The number of pyridine rings is 1. The summed E-state index contributed by atoms with van der Waals surface area (Å²) in [5.41, 5.74) is 6.05. The lowest BCUT2D eigenvalue weighted by atomic mass is 9.93. The minimum Gasteiger partial charge on any atom is -0.344 e. The molecule has 1 amide bonds. The summed E-state index contributed by atoms with van der Waals surface area (Å²) >= 11 is 16.4. The van der Waals surface area contributed by atoms with Crippen molar-refractivity contribution in [3.8, 4) is 11.1 Å². The van der Waals surface area contributed by atoms with E-state index in [2.05, 4.69) is 50.5 Å². The molecule has 2 heterocycles. The fourth-order valence-electron chi connectivity index (χ4n) is 6.49. The largest absolute Gasteiger partial charge is 0.344 e. The molecule has 9 heteroatoms. The van der Waals surface area contributed by atoms with Crippen LogP contribution in [0.1, 0.15) is 72.5 Å². The number of fused-ring (bicyclic) bond motifs is 4. The fraction of sp³-hybridized carbons (Fsp3) is 0.250. The fourth-order valence-corrected chi connectivity index (χ4v) is 7.52. The average molecular weight is 707 g/mol. The Morgan fingerprint density at radius 2 is 1.64 bits per heavy atom. The smallest absolute Gasteiger partial charge is 0.254 e. The monoisotopic (exact) mass is 705 g/mol. The Bertz CT molecular complexity index is 1910. The van der Waals surface area contributed by atoms with Gasteiger partial charge in [-0.1, -0.05) is 92.5 Å². The third-order valence-corrected chi connectivity index (χ3v) is 9.70. The molecular weight excluding hydrogens is 676 g/mol. The van der Waals surface area contributed by atoms with E-state index in [9.17, 15) is 14.0 Å². The Morgan fingerprint density at radius 3 is 2.29 bits per heavy atom. The van der Waals surface area contributed by atoms with E-state index >= 15 is 0 Å². The Labute approximate surface area is 279 Å². The molecule has 2 aromatic heterocycles. The summed E-state index contributed by atoms with van der Waals surface area (Å²) in [5.74, 6) is -1.53. The van der Waals surface area contributed by atoms with Crippen molar-refractivity contribution in [3.63, 3.8) is 0 Å². The van der Waals surface area contributed by atoms with Crippen LogP contribution in [0.3, 0.4) is 0 Å². The molecule has 2 unspecified atom stereocenters. The average Bonchev–Trinajstić information content (AvgIpc) is 3.54. The highest BCUT2D eigenvalue weighted by Crippen LogP contribution is 2.46. The first kappa shape index (κ1) is 31.5. The molecule has 0 saturated heterocycles. The molecule has 0 spiro atoms. The Morgan fingerprint density at radius 1 is 1.00 bits per heavy atom. The molecule has 5 nitrogen and oxygen atoms in total. The molecule has 5 aromatic rings. The number of benzene rings is 3. The third-order valence-electron chi connectivity index (χ3n) is 8.55. The van der Waals surface area contributed by atoms with Gasteiger partial charge in [-0.05, 0) is 79.8 Å². The summed E-state index contributed by atoms with van der Waals surface area (Å²) in [5, 5.41) is 4.02. The Hall–Kier alpha value is -3.52. The van der Waals surface area contributed by atoms with Crippen molar-refractivity contribution in [2.75, 3.05) is 0 Å². The molecule has 6 rings (SSSR count). The van der Waals surface area contributed by atoms with Crippen LogP contribution in [0.15, 0.2) is 83.6 Å². The molecule has 2 atom stereocenters. The van der Waals surface area contributed by atoms with Gasteiger partial charge in [0.1, 0.15) is 17.5 Å². The first-order valence-electron chi connectivity index (χ1n) is 14.9. The number of hydrogen-bond acceptors (Lipinski definition) is 3. The third kappa shape index (κ3) is 5.94. The van der Waals surface area contributed by atoms with E-state index in [0.29, 0.717) is 38.1 Å². The van der Waals surface area contributed by atoms with Gasteiger partial charge in [-0.15, -0.1) is 0 Å². The maximum atomic E-state index is 14.5. The van der Waals surface area contributed by atoms with E-state index in [1.54, 1.807) is 12.4 Å². The van der Waals surface area contributed by atoms with Crippen LogP contribution in [-0.2, 0) is 4.79 Å². The van der Waals surface area contributed by atoms with Gasteiger partial charge >= 0.3 is 0 Å². The molecule has 0 aliphatic heterocycles. The quantitative estimate of drug-likeness (QED) is 0.164. The van der Waals surface area contributed by atoms with Gasteiger partial charge < -0.3 is 5.32 Å². The number of nitrogens with one attached hydrogen (secondary N) is 1. The molecule has 1 aliphatic rings. The lowest BCUT2D eigenvalue weighted by Gasteiger charge is -2.22. The minimum absolute atomic E-state index is 0.0646. The molecule has 0 fully saturated rings. The molecule has 0 radical (unpaired) electrons. The number of aromatic nitrogens is 2. The SMILES string of the molecule is CC(C)CC(NC(=O)CC1c2ccccc2-c2ccccc21)C(=O)n1cc(C(C)c2c(Cl)ccc(F)c2Cl)c2cc(Br)cnc21. The minimum atomic E-state index is -0.796. The standard InChI is InChI=1S/C36H31BrCl2FN3O2/c1-19(2)14-31(42-32(44)16-26-24-10-6-4-8-22(24)23-9-5-7-11-25(23)26)36(45)43-18-28(27-15-21(37)17-41-35(27)43)20(3)33-29(38)12-13-30(40)34(33)39/h4-13,15,17-20,26,31H,14,16H2,1-3H3,(H,42,44). The predicted octanol–water partition coefficient (Wildman–Crippen LogP) is 9.77. The predicted molar refractivity (Wildman–Crippen MR) is 182 cm³/mol. The van der Waals surface area contributed by atoms with E-state index in [1.165, 1.54) is 16.7 Å². The lowest BCUT2D eigenvalue weighted by Crippen LogP contribution is -2.44. The molecular formula is C36H31BrCl2FN3O2. The summed E-state index contributed by atoms with van der Waals surface area (Å²) in [4.78, 5) is 32.6. The van der Waals surface area contributed by atoms with Crippen molar-refractivity contribution >= 4 is 62.0 Å². The van der Waals surface area contributed by atoms with Gasteiger partial charge in [-0.3, -0.25) is 14.2 Å². The highest BCUT2D eigenvalue weighted by molar-refractivity contribution is 9.10. The molecule has 0 saturated carbocycles. The van der Waals surface area contributed by atoms with Gasteiger partial charge in [-0.2, -0.15) is 0 Å². The lowest BCUT2D eigenvalue weighted by molar-refractivity contribution is -0.121. The Kier molecular flexibility index (Phi) is 8.88. The number of nitrogens with zero attached hydrogens (tertiary/aromatic N) is 2. The van der Waals surface area contributed by atoms with Crippen LogP contribution in [0.4, 0.5) is 4.39 Å². The van der Waals surface area contributed by atoms with Crippen molar-refractivity contribution in [2.45, 2.75) is 51.5 Å². The van der Waals surface area contributed by atoms with Crippen LogP contribution in [0, 0.1) is 11.7 Å². The van der Waals surface area contributed by atoms with Gasteiger partial charge in [0.2, 0.25) is 5.91 Å². The van der Waals surface area contributed by atoms with E-state index in [0.717, 1.165) is 22.3 Å². The van der Waals surface area contributed by atoms with Crippen molar-refractivity contribution in [1.82, 2.24) is 14.9 Å². The number of amides is 1.